The van der Waals surface area contributed by atoms with Crippen LogP contribution in [0.3, 0.4) is 0 Å². The second-order valence-corrected chi connectivity index (χ2v) is 4.82. The van der Waals surface area contributed by atoms with E-state index < -0.39 is 23.8 Å². The molecule has 0 saturated carbocycles. The zero-order valence-corrected chi connectivity index (χ0v) is 11.1. The molecule has 3 nitrogen and oxygen atoms in total. The first-order valence-corrected chi connectivity index (χ1v) is 5.92. The maximum atomic E-state index is 12.9. The number of aliphatic carboxylic acids is 1. The van der Waals surface area contributed by atoms with E-state index in [1.807, 2.05) is 0 Å². The molecule has 0 aromatic heterocycles. The van der Waals surface area contributed by atoms with Gasteiger partial charge in [0.15, 0.2) is 0 Å². The lowest BCUT2D eigenvalue weighted by Crippen LogP contribution is -2.40. The highest BCUT2D eigenvalue weighted by Crippen LogP contribution is 2.41. The molecule has 0 fully saturated rings. The summed E-state index contributed by atoms with van der Waals surface area (Å²) in [5.74, 6) is -1.52. The SMILES string of the molecule is Cc1cc(C)c2c(c1C)OC(C(F)(F)F)C(C(=O)O)=C2. The summed E-state index contributed by atoms with van der Waals surface area (Å²) in [6.07, 6.45) is -6.15. The molecule has 1 aliphatic rings. The first-order chi connectivity index (χ1) is 9.12. The molecule has 1 unspecified atom stereocenters. The molecular weight excluding hydrogens is 273 g/mol. The smallest absolute Gasteiger partial charge is 0.430 e. The molecule has 1 aliphatic heterocycles. The molecule has 1 aromatic carbocycles. The van der Waals surface area contributed by atoms with Crippen molar-refractivity contribution in [1.29, 1.82) is 0 Å². The first-order valence-electron chi connectivity index (χ1n) is 5.92. The minimum atomic E-state index is -4.77. The third-order valence-corrected chi connectivity index (χ3v) is 3.40. The van der Waals surface area contributed by atoms with Gasteiger partial charge in [-0.2, -0.15) is 13.2 Å². The second-order valence-electron chi connectivity index (χ2n) is 4.82. The molecule has 0 radical (unpaired) electrons. The lowest BCUT2D eigenvalue weighted by atomic mass is 9.93. The fourth-order valence-electron chi connectivity index (χ4n) is 2.23. The lowest BCUT2D eigenvalue weighted by molar-refractivity contribution is -0.187. The number of carbonyl (C=O) groups is 1. The van der Waals surface area contributed by atoms with E-state index in [1.165, 1.54) is 0 Å². The van der Waals surface area contributed by atoms with Crippen molar-refractivity contribution in [2.75, 3.05) is 0 Å². The van der Waals surface area contributed by atoms with Crippen molar-refractivity contribution < 1.29 is 27.8 Å². The van der Waals surface area contributed by atoms with Gasteiger partial charge in [-0.15, -0.1) is 0 Å². The number of carboxylic acids is 1. The summed E-state index contributed by atoms with van der Waals surface area (Å²) in [6.45, 7) is 5.13. The predicted octanol–water partition coefficient (Wildman–Crippen LogP) is 3.40. The summed E-state index contributed by atoms with van der Waals surface area (Å²) < 4.78 is 43.8. The Hall–Kier alpha value is -1.98. The highest BCUT2D eigenvalue weighted by molar-refractivity contribution is 5.95. The summed E-state index contributed by atoms with van der Waals surface area (Å²) in [7, 11) is 0. The van der Waals surface area contributed by atoms with E-state index in [1.54, 1.807) is 26.8 Å². The van der Waals surface area contributed by atoms with Gasteiger partial charge in [0.1, 0.15) is 5.75 Å². The number of alkyl halides is 3. The molecule has 0 saturated heterocycles. The average molecular weight is 286 g/mol. The largest absolute Gasteiger partial charge is 0.478 e. The quantitative estimate of drug-likeness (QED) is 0.860. The minimum absolute atomic E-state index is 0.106. The number of fused-ring (bicyclic) bond motifs is 1. The van der Waals surface area contributed by atoms with Gasteiger partial charge in [-0.1, -0.05) is 6.07 Å². The topological polar surface area (TPSA) is 46.5 Å². The Bertz CT molecular complexity index is 615. The van der Waals surface area contributed by atoms with Gasteiger partial charge in [0.05, 0.1) is 5.57 Å². The van der Waals surface area contributed by atoms with Crippen molar-refractivity contribution in [3.8, 4) is 5.75 Å². The maximum Gasteiger partial charge on any atom is 0.430 e. The zero-order chi connectivity index (χ0) is 15.2. The van der Waals surface area contributed by atoms with Crippen molar-refractivity contribution in [1.82, 2.24) is 0 Å². The van der Waals surface area contributed by atoms with Crippen LogP contribution in [0.25, 0.3) is 6.08 Å². The number of carboxylic acid groups (broad SMARTS) is 1. The van der Waals surface area contributed by atoms with Crippen LogP contribution in [-0.2, 0) is 4.79 Å². The number of rotatable bonds is 1. The van der Waals surface area contributed by atoms with Crippen LogP contribution in [0.2, 0.25) is 0 Å². The molecule has 1 atom stereocenters. The summed E-state index contributed by atoms with van der Waals surface area (Å²) in [5.41, 5.74) is 1.67. The molecule has 108 valence electrons. The Morgan fingerprint density at radius 3 is 2.35 bits per heavy atom. The molecule has 1 heterocycles. The van der Waals surface area contributed by atoms with Crippen molar-refractivity contribution in [2.24, 2.45) is 0 Å². The van der Waals surface area contributed by atoms with Gasteiger partial charge in [-0.25, -0.2) is 4.79 Å². The molecule has 0 aliphatic carbocycles. The summed E-state index contributed by atoms with van der Waals surface area (Å²) in [5, 5.41) is 8.96. The van der Waals surface area contributed by atoms with Crippen LogP contribution >= 0.6 is 0 Å². The van der Waals surface area contributed by atoms with E-state index in [-0.39, 0.29) is 5.75 Å². The number of hydrogen-bond acceptors (Lipinski definition) is 2. The second kappa shape index (κ2) is 4.54. The molecular formula is C14H13F3O3. The normalized spacial score (nSPS) is 18.1. The van der Waals surface area contributed by atoms with Gasteiger partial charge < -0.3 is 9.84 Å². The number of halogens is 3. The standard InChI is InChI=1S/C14H13F3O3/c1-6-4-7(2)9-5-10(13(18)19)12(14(15,16)17)20-11(9)8(6)3/h4-5,12H,1-3H3,(H,18,19). The van der Waals surface area contributed by atoms with Gasteiger partial charge in [0, 0.05) is 5.56 Å². The van der Waals surface area contributed by atoms with Crippen LogP contribution in [0, 0.1) is 20.8 Å². The molecule has 1 N–H and O–H groups in total. The van der Waals surface area contributed by atoms with Crippen LogP contribution in [0.5, 0.6) is 5.75 Å². The van der Waals surface area contributed by atoms with Crippen molar-refractivity contribution >= 4 is 12.0 Å². The van der Waals surface area contributed by atoms with Gasteiger partial charge in [0.25, 0.3) is 0 Å². The van der Waals surface area contributed by atoms with E-state index >= 15 is 0 Å². The number of aryl methyl sites for hydroxylation is 2. The van der Waals surface area contributed by atoms with Crippen LogP contribution in [0.1, 0.15) is 22.3 Å². The maximum absolute atomic E-state index is 12.9. The van der Waals surface area contributed by atoms with E-state index in [0.717, 1.165) is 11.6 Å². The number of hydrogen-bond donors (Lipinski definition) is 1. The van der Waals surface area contributed by atoms with Crippen molar-refractivity contribution in [3.63, 3.8) is 0 Å². The Kier molecular flexibility index (Phi) is 3.28. The molecule has 2 rings (SSSR count). The van der Waals surface area contributed by atoms with E-state index in [9.17, 15) is 18.0 Å². The highest BCUT2D eigenvalue weighted by atomic mass is 19.4. The molecule has 6 heteroatoms. The minimum Gasteiger partial charge on any atom is -0.478 e. The summed E-state index contributed by atoms with van der Waals surface area (Å²) >= 11 is 0. The molecule has 1 aromatic rings. The highest BCUT2D eigenvalue weighted by Gasteiger charge is 2.48. The molecule has 0 bridgehead atoms. The van der Waals surface area contributed by atoms with Crippen LogP contribution < -0.4 is 4.74 Å². The Morgan fingerprint density at radius 1 is 1.25 bits per heavy atom. The van der Waals surface area contributed by atoms with E-state index in [0.29, 0.717) is 16.7 Å². The van der Waals surface area contributed by atoms with Gasteiger partial charge in [-0.05, 0) is 43.5 Å². The van der Waals surface area contributed by atoms with E-state index in [4.69, 9.17) is 9.84 Å². The number of ether oxygens (including phenoxy) is 1. The average Bonchev–Trinajstić information content (AvgIpc) is 2.33. The van der Waals surface area contributed by atoms with Gasteiger partial charge in [0.2, 0.25) is 6.10 Å². The Morgan fingerprint density at radius 2 is 1.85 bits per heavy atom. The molecule has 0 spiro atoms. The fourth-order valence-corrected chi connectivity index (χ4v) is 2.23. The monoisotopic (exact) mass is 286 g/mol. The summed E-state index contributed by atoms with van der Waals surface area (Å²) in [4.78, 5) is 11.0. The third kappa shape index (κ3) is 2.26. The van der Waals surface area contributed by atoms with E-state index in [2.05, 4.69) is 0 Å². The van der Waals surface area contributed by atoms with Crippen molar-refractivity contribution in [3.05, 3.63) is 33.9 Å². The lowest BCUT2D eigenvalue weighted by Gasteiger charge is -2.29. The molecule has 0 amide bonds. The predicted molar refractivity (Wildman–Crippen MR) is 66.7 cm³/mol. The Balaban J connectivity index is 2.69. The van der Waals surface area contributed by atoms with Crippen LogP contribution in [0.15, 0.2) is 11.6 Å². The first kappa shape index (κ1) is 14.4. The third-order valence-electron chi connectivity index (χ3n) is 3.40. The zero-order valence-electron chi connectivity index (χ0n) is 11.1. The van der Waals surface area contributed by atoms with Crippen LogP contribution in [0.4, 0.5) is 13.2 Å². The van der Waals surface area contributed by atoms with Crippen LogP contribution in [-0.4, -0.2) is 23.4 Å². The number of benzene rings is 1. The Labute approximate surface area is 113 Å². The fraction of sp³-hybridized carbons (Fsp3) is 0.357. The van der Waals surface area contributed by atoms with Gasteiger partial charge >= 0.3 is 12.1 Å². The van der Waals surface area contributed by atoms with Crippen molar-refractivity contribution in [2.45, 2.75) is 33.1 Å². The summed E-state index contributed by atoms with van der Waals surface area (Å²) in [6, 6.07) is 1.79. The molecule has 20 heavy (non-hydrogen) atoms. The van der Waals surface area contributed by atoms with Gasteiger partial charge in [-0.3, -0.25) is 0 Å².